The summed E-state index contributed by atoms with van der Waals surface area (Å²) < 4.78 is 6.96. The van der Waals surface area contributed by atoms with E-state index in [2.05, 4.69) is 15.4 Å². The number of nitrogens with one attached hydrogen (secondary N) is 1. The maximum atomic E-state index is 12.2. The minimum Gasteiger partial charge on any atom is -0.466 e. The maximum Gasteiger partial charge on any atom is 0.336 e. The molecule has 0 unspecified atom stereocenters. The number of rotatable bonds is 6. The van der Waals surface area contributed by atoms with Gasteiger partial charge in [-0.2, -0.15) is 4.98 Å². The van der Waals surface area contributed by atoms with Crippen molar-refractivity contribution in [1.82, 2.24) is 14.8 Å². The number of nitrogens with zero attached hydrogens (tertiary/aromatic N) is 3. The first-order valence-corrected chi connectivity index (χ1v) is 9.85. The molecule has 1 aromatic heterocycles. The van der Waals surface area contributed by atoms with Gasteiger partial charge in [-0.05, 0) is 42.8 Å². The number of hydrogen-bond acceptors (Lipinski definition) is 4. The molecular formula is C25H22N4O2. The largest absolute Gasteiger partial charge is 0.466 e. The highest BCUT2D eigenvalue weighted by Crippen LogP contribution is 2.24. The lowest BCUT2D eigenvalue weighted by molar-refractivity contribution is -0.111. The lowest BCUT2D eigenvalue weighted by Gasteiger charge is -2.08. The van der Waals surface area contributed by atoms with E-state index in [0.29, 0.717) is 17.5 Å². The van der Waals surface area contributed by atoms with Crippen LogP contribution in [0, 0.1) is 6.92 Å². The van der Waals surface area contributed by atoms with Crippen LogP contribution in [-0.2, 0) is 4.79 Å². The first-order valence-electron chi connectivity index (χ1n) is 9.85. The summed E-state index contributed by atoms with van der Waals surface area (Å²) in [6.45, 7) is 2.04. The highest BCUT2D eigenvalue weighted by atomic mass is 16.5. The normalized spacial score (nSPS) is 10.9. The Bertz CT molecular complexity index is 1190. The molecule has 0 saturated carbocycles. The number of carbonyl (C=O) groups is 1. The summed E-state index contributed by atoms with van der Waals surface area (Å²) >= 11 is 0. The molecule has 0 fully saturated rings. The molecule has 31 heavy (non-hydrogen) atoms. The van der Waals surface area contributed by atoms with Gasteiger partial charge in [0.05, 0.1) is 12.8 Å². The number of carbonyl (C=O) groups excluding carboxylic acids is 1. The van der Waals surface area contributed by atoms with Gasteiger partial charge in [0.25, 0.3) is 0 Å². The zero-order valence-electron chi connectivity index (χ0n) is 17.3. The Balaban J connectivity index is 1.53. The second-order valence-corrected chi connectivity index (χ2v) is 6.98. The summed E-state index contributed by atoms with van der Waals surface area (Å²) in [7, 11) is 1.54. The van der Waals surface area contributed by atoms with E-state index in [9.17, 15) is 4.79 Å². The van der Waals surface area contributed by atoms with Gasteiger partial charge in [0.15, 0.2) is 5.82 Å². The molecule has 0 radical (unpaired) electrons. The quantitative estimate of drug-likeness (QED) is 0.459. The van der Waals surface area contributed by atoms with Crippen molar-refractivity contribution in [1.29, 1.82) is 0 Å². The lowest BCUT2D eigenvalue weighted by Crippen LogP contribution is -2.08. The standard InChI is InChI=1S/C25H22N4O2/c1-18-8-11-20(12-9-18)24-27-25(31-2)28-29(24)22-15-13-21(14-16-22)26-23(30)17-10-19-6-4-3-5-7-19/h3-17H,1-2H3,(H,26,30)/b17-10+. The van der Waals surface area contributed by atoms with Crippen LogP contribution in [0.2, 0.25) is 0 Å². The zero-order chi connectivity index (χ0) is 21.6. The van der Waals surface area contributed by atoms with Crippen molar-refractivity contribution in [2.24, 2.45) is 0 Å². The van der Waals surface area contributed by atoms with Crippen LogP contribution in [0.5, 0.6) is 6.01 Å². The number of ether oxygens (including phenoxy) is 1. The number of hydrogen-bond donors (Lipinski definition) is 1. The van der Waals surface area contributed by atoms with Crippen LogP contribution in [0.25, 0.3) is 23.2 Å². The fourth-order valence-electron chi connectivity index (χ4n) is 3.06. The molecular weight excluding hydrogens is 388 g/mol. The van der Waals surface area contributed by atoms with Crippen molar-refractivity contribution in [2.45, 2.75) is 6.92 Å². The summed E-state index contributed by atoms with van der Waals surface area (Å²) in [5, 5.41) is 7.30. The van der Waals surface area contributed by atoms with E-state index >= 15 is 0 Å². The van der Waals surface area contributed by atoms with Crippen molar-refractivity contribution >= 4 is 17.7 Å². The first-order chi connectivity index (χ1) is 15.1. The summed E-state index contributed by atoms with van der Waals surface area (Å²) in [6, 6.07) is 25.5. The van der Waals surface area contributed by atoms with Crippen LogP contribution < -0.4 is 10.1 Å². The molecule has 0 atom stereocenters. The van der Waals surface area contributed by atoms with Gasteiger partial charge in [0.1, 0.15) is 0 Å². The fraction of sp³-hybridized carbons (Fsp3) is 0.0800. The smallest absolute Gasteiger partial charge is 0.336 e. The van der Waals surface area contributed by atoms with Gasteiger partial charge in [0.2, 0.25) is 5.91 Å². The number of aryl methyl sites for hydroxylation is 1. The Morgan fingerprint density at radius 2 is 1.68 bits per heavy atom. The maximum absolute atomic E-state index is 12.2. The van der Waals surface area contributed by atoms with E-state index in [1.807, 2.05) is 85.8 Å². The third kappa shape index (κ3) is 4.87. The number of methoxy groups -OCH3 is 1. The van der Waals surface area contributed by atoms with Crippen molar-refractivity contribution in [3.8, 4) is 23.1 Å². The van der Waals surface area contributed by atoms with Crippen LogP contribution >= 0.6 is 0 Å². The first kappa shape index (κ1) is 20.1. The lowest BCUT2D eigenvalue weighted by atomic mass is 10.1. The fourth-order valence-corrected chi connectivity index (χ4v) is 3.06. The third-order valence-electron chi connectivity index (χ3n) is 4.69. The molecule has 1 amide bonds. The monoisotopic (exact) mass is 410 g/mol. The molecule has 6 heteroatoms. The highest BCUT2D eigenvalue weighted by Gasteiger charge is 2.14. The van der Waals surface area contributed by atoms with Crippen molar-refractivity contribution in [3.63, 3.8) is 0 Å². The van der Waals surface area contributed by atoms with Gasteiger partial charge in [-0.15, -0.1) is 5.10 Å². The molecule has 0 aliphatic carbocycles. The number of anilines is 1. The second-order valence-electron chi connectivity index (χ2n) is 6.98. The molecule has 1 N–H and O–H groups in total. The van der Waals surface area contributed by atoms with Crippen LogP contribution in [0.4, 0.5) is 5.69 Å². The van der Waals surface area contributed by atoms with E-state index in [1.54, 1.807) is 17.9 Å². The summed E-state index contributed by atoms with van der Waals surface area (Å²) in [4.78, 5) is 16.7. The minimum absolute atomic E-state index is 0.195. The van der Waals surface area contributed by atoms with Crippen molar-refractivity contribution in [3.05, 3.63) is 96.1 Å². The molecule has 3 aromatic carbocycles. The SMILES string of the molecule is COc1nc(-c2ccc(C)cc2)n(-c2ccc(NC(=O)/C=C/c3ccccc3)cc2)n1. The molecule has 6 nitrogen and oxygen atoms in total. The predicted molar refractivity (Wildman–Crippen MR) is 122 cm³/mol. The number of aromatic nitrogens is 3. The van der Waals surface area contributed by atoms with Gasteiger partial charge in [0, 0.05) is 17.3 Å². The van der Waals surface area contributed by atoms with Crippen LogP contribution in [0.15, 0.2) is 84.9 Å². The summed E-state index contributed by atoms with van der Waals surface area (Å²) in [6.07, 6.45) is 3.29. The molecule has 1 heterocycles. The molecule has 0 spiro atoms. The molecule has 0 aliphatic heterocycles. The third-order valence-corrected chi connectivity index (χ3v) is 4.69. The Kier molecular flexibility index (Phi) is 5.89. The summed E-state index contributed by atoms with van der Waals surface area (Å²) in [5.41, 5.74) is 4.57. The van der Waals surface area contributed by atoms with Gasteiger partial charge >= 0.3 is 6.01 Å². The van der Waals surface area contributed by atoms with Crippen LogP contribution in [-0.4, -0.2) is 27.8 Å². The zero-order valence-corrected chi connectivity index (χ0v) is 17.3. The molecule has 4 aromatic rings. The average molecular weight is 410 g/mol. The van der Waals surface area contributed by atoms with E-state index in [-0.39, 0.29) is 5.91 Å². The van der Waals surface area contributed by atoms with Gasteiger partial charge in [-0.1, -0.05) is 60.2 Å². The van der Waals surface area contributed by atoms with E-state index in [1.165, 1.54) is 11.6 Å². The Morgan fingerprint density at radius 1 is 0.968 bits per heavy atom. The summed E-state index contributed by atoms with van der Waals surface area (Å²) in [5.74, 6) is 0.485. The van der Waals surface area contributed by atoms with Crippen molar-refractivity contribution < 1.29 is 9.53 Å². The van der Waals surface area contributed by atoms with Gasteiger partial charge < -0.3 is 10.1 Å². The molecule has 0 bridgehead atoms. The van der Waals surface area contributed by atoms with E-state index in [4.69, 9.17) is 4.74 Å². The molecule has 154 valence electrons. The Hall–Kier alpha value is -4.19. The van der Waals surface area contributed by atoms with Crippen LogP contribution in [0.3, 0.4) is 0 Å². The predicted octanol–water partition coefficient (Wildman–Crippen LogP) is 4.90. The van der Waals surface area contributed by atoms with Crippen LogP contribution in [0.1, 0.15) is 11.1 Å². The topological polar surface area (TPSA) is 69.0 Å². The molecule has 0 aliphatic rings. The Morgan fingerprint density at radius 3 is 2.35 bits per heavy atom. The highest BCUT2D eigenvalue weighted by molar-refractivity contribution is 6.01. The van der Waals surface area contributed by atoms with Gasteiger partial charge in [-0.3, -0.25) is 4.79 Å². The number of amides is 1. The minimum atomic E-state index is -0.195. The molecule has 0 saturated heterocycles. The molecule has 4 rings (SSSR count). The number of benzene rings is 3. The van der Waals surface area contributed by atoms with Gasteiger partial charge in [-0.25, -0.2) is 4.68 Å². The Labute approximate surface area is 180 Å². The average Bonchev–Trinajstić information content (AvgIpc) is 3.24. The second kappa shape index (κ2) is 9.09. The van der Waals surface area contributed by atoms with E-state index < -0.39 is 0 Å². The van der Waals surface area contributed by atoms with E-state index in [0.717, 1.165) is 16.8 Å². The van der Waals surface area contributed by atoms with Crippen molar-refractivity contribution in [2.75, 3.05) is 12.4 Å².